The highest BCUT2D eigenvalue weighted by Crippen LogP contribution is 2.32. The van der Waals surface area contributed by atoms with E-state index in [1.54, 1.807) is 0 Å². The molecule has 94 valence electrons. The van der Waals surface area contributed by atoms with Gasteiger partial charge in [-0.25, -0.2) is 0 Å². The van der Waals surface area contributed by atoms with Crippen LogP contribution in [-0.2, 0) is 0 Å². The smallest absolute Gasteiger partial charge is 0.162 e. The molecular weight excluding hydrogens is 378 g/mol. The Morgan fingerprint density at radius 2 is 1.89 bits per heavy atom. The van der Waals surface area contributed by atoms with Crippen molar-refractivity contribution < 1.29 is 4.42 Å². The Labute approximate surface area is 128 Å². The van der Waals surface area contributed by atoms with Crippen LogP contribution in [0.3, 0.4) is 0 Å². The van der Waals surface area contributed by atoms with Crippen molar-refractivity contribution in [2.24, 2.45) is 0 Å². The van der Waals surface area contributed by atoms with Gasteiger partial charge in [0.05, 0.1) is 0 Å². The molecule has 18 heavy (non-hydrogen) atoms. The largest absolute Gasteiger partial charge is 0.454 e. The van der Waals surface area contributed by atoms with E-state index in [0.717, 1.165) is 20.3 Å². The van der Waals surface area contributed by atoms with Gasteiger partial charge in [-0.2, -0.15) is 0 Å². The summed E-state index contributed by atoms with van der Waals surface area (Å²) in [4.78, 5) is 2.55. The second-order valence-corrected chi connectivity index (χ2v) is 6.14. The van der Waals surface area contributed by atoms with Crippen LogP contribution in [0, 0.1) is 0 Å². The zero-order valence-electron chi connectivity index (χ0n) is 9.91. The van der Waals surface area contributed by atoms with E-state index in [2.05, 4.69) is 31.9 Å². The molecule has 0 aliphatic carbocycles. The predicted molar refractivity (Wildman–Crippen MR) is 84.9 cm³/mol. The molecule has 1 aromatic carbocycles. The van der Waals surface area contributed by atoms with Gasteiger partial charge in [0.25, 0.3) is 0 Å². The van der Waals surface area contributed by atoms with Crippen LogP contribution >= 0.6 is 44.1 Å². The van der Waals surface area contributed by atoms with Crippen LogP contribution in [0.5, 0.6) is 0 Å². The van der Waals surface area contributed by atoms with E-state index in [-0.39, 0.29) is 0 Å². The normalized spacial score (nSPS) is 10.4. The van der Waals surface area contributed by atoms with Crippen molar-refractivity contribution in [3.63, 3.8) is 0 Å². The highest BCUT2D eigenvalue weighted by molar-refractivity contribution is 9.11. The van der Waals surface area contributed by atoms with Crippen LogP contribution in [-0.4, -0.2) is 24.0 Å². The quantitative estimate of drug-likeness (QED) is 0.693. The molecular formula is C13H11Br2NOS. The second kappa shape index (κ2) is 5.55. The summed E-state index contributed by atoms with van der Waals surface area (Å²) in [5.74, 6) is 1.51. The molecule has 0 saturated carbocycles. The molecule has 0 fully saturated rings. The number of rotatable bonds is 2. The number of thiocarbonyl (C=S) groups is 1. The van der Waals surface area contributed by atoms with Crippen LogP contribution in [0.4, 0.5) is 0 Å². The van der Waals surface area contributed by atoms with Crippen molar-refractivity contribution in [2.45, 2.75) is 0 Å². The summed E-state index contributed by atoms with van der Waals surface area (Å²) in [5.41, 5.74) is 1.01. The zero-order valence-corrected chi connectivity index (χ0v) is 13.9. The first-order valence-electron chi connectivity index (χ1n) is 5.26. The Morgan fingerprint density at radius 1 is 1.17 bits per heavy atom. The van der Waals surface area contributed by atoms with Crippen molar-refractivity contribution >= 4 is 49.1 Å². The zero-order chi connectivity index (χ0) is 13.3. The van der Waals surface area contributed by atoms with Gasteiger partial charge in [0.1, 0.15) is 10.7 Å². The number of nitrogens with zero attached hydrogens (tertiary/aromatic N) is 1. The fraction of sp³-hybridized carbons (Fsp3) is 0.154. The summed E-state index contributed by atoms with van der Waals surface area (Å²) in [5, 5.41) is 0. The third-order valence-corrected chi connectivity index (χ3v) is 4.14. The van der Waals surface area contributed by atoms with Gasteiger partial charge in [0, 0.05) is 28.6 Å². The molecule has 0 N–H and O–H groups in total. The number of hydrogen-bond donors (Lipinski definition) is 0. The average molecular weight is 389 g/mol. The van der Waals surface area contributed by atoms with E-state index >= 15 is 0 Å². The third kappa shape index (κ3) is 2.84. The van der Waals surface area contributed by atoms with Gasteiger partial charge in [0.15, 0.2) is 5.76 Å². The lowest BCUT2D eigenvalue weighted by atomic mass is 10.2. The van der Waals surface area contributed by atoms with Crippen molar-refractivity contribution in [2.75, 3.05) is 14.1 Å². The fourth-order valence-corrected chi connectivity index (χ4v) is 2.86. The predicted octanol–water partition coefficient (Wildman–Crippen LogP) is 4.71. The fourth-order valence-electron chi connectivity index (χ4n) is 1.51. The minimum Gasteiger partial charge on any atom is -0.454 e. The Morgan fingerprint density at radius 3 is 2.50 bits per heavy atom. The SMILES string of the molecule is CN(C)C(=S)c1ccc(-c2ccc(Br)cc2Br)o1. The van der Waals surface area contributed by atoms with E-state index in [0.29, 0.717) is 10.7 Å². The summed E-state index contributed by atoms with van der Waals surface area (Å²) in [7, 11) is 3.81. The van der Waals surface area contributed by atoms with E-state index in [1.165, 1.54) is 0 Å². The maximum atomic E-state index is 5.79. The van der Waals surface area contributed by atoms with Gasteiger partial charge in [-0.05, 0) is 46.3 Å². The average Bonchev–Trinajstić information content (AvgIpc) is 2.77. The number of halogens is 2. The Hall–Kier alpha value is -0.650. The molecule has 2 aromatic rings. The summed E-state index contributed by atoms with van der Waals surface area (Å²) in [6, 6.07) is 9.79. The van der Waals surface area contributed by atoms with Crippen molar-refractivity contribution in [3.8, 4) is 11.3 Å². The van der Waals surface area contributed by atoms with Crippen LogP contribution in [0.25, 0.3) is 11.3 Å². The molecule has 0 spiro atoms. The highest BCUT2D eigenvalue weighted by Gasteiger charge is 2.12. The van der Waals surface area contributed by atoms with E-state index in [1.807, 2.05) is 49.3 Å². The molecule has 2 nitrogen and oxygen atoms in total. The van der Waals surface area contributed by atoms with Gasteiger partial charge in [-0.1, -0.05) is 28.1 Å². The number of hydrogen-bond acceptors (Lipinski definition) is 2. The van der Waals surface area contributed by atoms with Crippen LogP contribution in [0.2, 0.25) is 0 Å². The minimum absolute atomic E-state index is 0.689. The molecule has 0 atom stereocenters. The van der Waals surface area contributed by atoms with Crippen molar-refractivity contribution in [3.05, 3.63) is 45.0 Å². The van der Waals surface area contributed by atoms with Gasteiger partial charge < -0.3 is 9.32 Å². The molecule has 0 aliphatic rings. The molecule has 5 heteroatoms. The van der Waals surface area contributed by atoms with Crippen LogP contribution < -0.4 is 0 Å². The van der Waals surface area contributed by atoms with Crippen molar-refractivity contribution in [1.29, 1.82) is 0 Å². The molecule has 0 amide bonds. The number of furan rings is 1. The van der Waals surface area contributed by atoms with Gasteiger partial charge >= 0.3 is 0 Å². The summed E-state index contributed by atoms with van der Waals surface area (Å²) >= 11 is 12.2. The highest BCUT2D eigenvalue weighted by atomic mass is 79.9. The lowest BCUT2D eigenvalue weighted by Crippen LogP contribution is -2.19. The van der Waals surface area contributed by atoms with Gasteiger partial charge in [0.2, 0.25) is 0 Å². The molecule has 0 saturated heterocycles. The lowest BCUT2D eigenvalue weighted by Gasteiger charge is -2.10. The Balaban J connectivity index is 2.38. The van der Waals surface area contributed by atoms with E-state index < -0.39 is 0 Å². The monoisotopic (exact) mass is 387 g/mol. The topological polar surface area (TPSA) is 16.4 Å². The molecule has 0 unspecified atom stereocenters. The van der Waals surface area contributed by atoms with Crippen LogP contribution in [0.15, 0.2) is 43.7 Å². The van der Waals surface area contributed by atoms with Gasteiger partial charge in [-0.3, -0.25) is 0 Å². The van der Waals surface area contributed by atoms with Gasteiger partial charge in [-0.15, -0.1) is 0 Å². The molecule has 2 rings (SSSR count). The third-order valence-electron chi connectivity index (χ3n) is 2.42. The van der Waals surface area contributed by atoms with Crippen LogP contribution in [0.1, 0.15) is 5.76 Å². The summed E-state index contributed by atoms with van der Waals surface area (Å²) < 4.78 is 7.79. The standard InChI is InChI=1S/C13H11Br2NOS/c1-16(2)13(18)12-6-5-11(17-12)9-4-3-8(14)7-10(9)15/h3-7H,1-2H3. The summed E-state index contributed by atoms with van der Waals surface area (Å²) in [6.07, 6.45) is 0. The minimum atomic E-state index is 0.689. The summed E-state index contributed by atoms with van der Waals surface area (Å²) in [6.45, 7) is 0. The Kier molecular flexibility index (Phi) is 4.25. The van der Waals surface area contributed by atoms with Crippen molar-refractivity contribution in [1.82, 2.24) is 4.90 Å². The lowest BCUT2D eigenvalue weighted by molar-refractivity contribution is 0.545. The maximum Gasteiger partial charge on any atom is 0.162 e. The number of benzene rings is 1. The van der Waals surface area contributed by atoms with E-state index in [9.17, 15) is 0 Å². The molecule has 1 heterocycles. The maximum absolute atomic E-state index is 5.79. The molecule has 1 aromatic heterocycles. The first kappa shape index (κ1) is 13.8. The first-order valence-corrected chi connectivity index (χ1v) is 7.25. The second-order valence-electron chi connectivity index (χ2n) is 3.99. The Bertz CT molecular complexity index is 592. The molecule has 0 bridgehead atoms. The molecule has 0 aliphatic heterocycles. The van der Waals surface area contributed by atoms with E-state index in [4.69, 9.17) is 16.6 Å². The molecule has 0 radical (unpaired) electrons. The first-order chi connectivity index (χ1) is 8.49.